The van der Waals surface area contributed by atoms with E-state index in [2.05, 4.69) is 10.7 Å². The van der Waals surface area contributed by atoms with Gasteiger partial charge in [0.1, 0.15) is 0 Å². The van der Waals surface area contributed by atoms with Crippen molar-refractivity contribution in [1.29, 1.82) is 0 Å². The SMILES string of the molecule is CN(C)NC(=O)Nc1ccccc1CCC(=O)O. The van der Waals surface area contributed by atoms with Gasteiger partial charge in [-0.25, -0.2) is 9.80 Å². The molecule has 0 radical (unpaired) electrons. The van der Waals surface area contributed by atoms with Crippen LogP contribution in [0.5, 0.6) is 0 Å². The van der Waals surface area contributed by atoms with Crippen LogP contribution in [-0.2, 0) is 11.2 Å². The van der Waals surface area contributed by atoms with Crippen LogP contribution in [0.25, 0.3) is 0 Å². The van der Waals surface area contributed by atoms with Crippen molar-refractivity contribution in [2.75, 3.05) is 19.4 Å². The van der Waals surface area contributed by atoms with Crippen LogP contribution in [0.4, 0.5) is 10.5 Å². The number of aryl methyl sites for hydroxylation is 1. The largest absolute Gasteiger partial charge is 0.481 e. The Hall–Kier alpha value is -2.08. The lowest BCUT2D eigenvalue weighted by molar-refractivity contribution is -0.136. The van der Waals surface area contributed by atoms with E-state index in [1.165, 1.54) is 5.01 Å². The van der Waals surface area contributed by atoms with E-state index < -0.39 is 5.97 Å². The van der Waals surface area contributed by atoms with Gasteiger partial charge in [-0.05, 0) is 18.1 Å². The highest BCUT2D eigenvalue weighted by Crippen LogP contribution is 2.16. The predicted octanol–water partition coefficient (Wildman–Crippen LogP) is 1.30. The molecule has 3 N–H and O–H groups in total. The van der Waals surface area contributed by atoms with Gasteiger partial charge in [0, 0.05) is 26.2 Å². The zero-order valence-electron chi connectivity index (χ0n) is 10.4. The summed E-state index contributed by atoms with van der Waals surface area (Å²) in [6.45, 7) is 0. The molecule has 0 bridgehead atoms. The summed E-state index contributed by atoms with van der Waals surface area (Å²) in [5.74, 6) is -0.859. The monoisotopic (exact) mass is 251 g/mol. The van der Waals surface area contributed by atoms with Gasteiger partial charge in [0.2, 0.25) is 0 Å². The molecule has 0 atom stereocenters. The summed E-state index contributed by atoms with van der Waals surface area (Å²) < 4.78 is 0. The van der Waals surface area contributed by atoms with Crippen LogP contribution in [0.1, 0.15) is 12.0 Å². The van der Waals surface area contributed by atoms with Crippen LogP contribution < -0.4 is 10.7 Å². The minimum absolute atomic E-state index is 0.0357. The highest BCUT2D eigenvalue weighted by Gasteiger charge is 2.07. The number of hydrogen-bond acceptors (Lipinski definition) is 3. The molecule has 98 valence electrons. The molecule has 0 saturated carbocycles. The summed E-state index contributed by atoms with van der Waals surface area (Å²) in [4.78, 5) is 22.1. The molecule has 0 aliphatic rings. The Morgan fingerprint density at radius 2 is 1.94 bits per heavy atom. The van der Waals surface area contributed by atoms with Crippen molar-refractivity contribution in [3.8, 4) is 0 Å². The first-order chi connectivity index (χ1) is 8.49. The number of rotatable bonds is 5. The Morgan fingerprint density at radius 1 is 1.28 bits per heavy atom. The number of hydrogen-bond donors (Lipinski definition) is 3. The van der Waals surface area contributed by atoms with Gasteiger partial charge in [-0.3, -0.25) is 10.2 Å². The zero-order chi connectivity index (χ0) is 13.5. The Kier molecular flexibility index (Phi) is 5.13. The van der Waals surface area contributed by atoms with Gasteiger partial charge in [0.25, 0.3) is 0 Å². The number of amides is 2. The molecule has 2 amide bonds. The van der Waals surface area contributed by atoms with E-state index in [1.807, 2.05) is 6.07 Å². The first kappa shape index (κ1) is 14.0. The van der Waals surface area contributed by atoms with Gasteiger partial charge < -0.3 is 10.4 Å². The van der Waals surface area contributed by atoms with Gasteiger partial charge in [0.15, 0.2) is 0 Å². The topological polar surface area (TPSA) is 81.7 Å². The molecular formula is C12H17N3O3. The fraction of sp³-hybridized carbons (Fsp3) is 0.333. The molecule has 6 heteroatoms. The number of carbonyl (C=O) groups excluding carboxylic acids is 1. The van der Waals surface area contributed by atoms with Crippen molar-refractivity contribution in [2.45, 2.75) is 12.8 Å². The highest BCUT2D eigenvalue weighted by molar-refractivity contribution is 5.89. The van der Waals surface area contributed by atoms with Crippen molar-refractivity contribution in [2.24, 2.45) is 0 Å². The van der Waals surface area contributed by atoms with Crippen LogP contribution in [0.15, 0.2) is 24.3 Å². The number of carboxylic acid groups (broad SMARTS) is 1. The summed E-state index contributed by atoms with van der Waals surface area (Å²) >= 11 is 0. The summed E-state index contributed by atoms with van der Waals surface area (Å²) in [6.07, 6.45) is 0.418. The standard InChI is InChI=1S/C12H17N3O3/c1-15(2)14-12(18)13-10-6-4-3-5-9(10)7-8-11(16)17/h3-6H,7-8H2,1-2H3,(H,16,17)(H2,13,14,18). The quantitative estimate of drug-likeness (QED) is 0.689. The van der Waals surface area contributed by atoms with Crippen LogP contribution in [0.3, 0.4) is 0 Å². The van der Waals surface area contributed by atoms with Crippen LogP contribution in [0.2, 0.25) is 0 Å². The summed E-state index contributed by atoms with van der Waals surface area (Å²) in [6, 6.07) is 6.78. The average Bonchev–Trinajstić information content (AvgIpc) is 2.26. The van der Waals surface area contributed by atoms with E-state index in [0.29, 0.717) is 12.1 Å². The number of anilines is 1. The van der Waals surface area contributed by atoms with E-state index in [4.69, 9.17) is 5.11 Å². The molecule has 1 aromatic carbocycles. The lowest BCUT2D eigenvalue weighted by Crippen LogP contribution is -2.39. The summed E-state index contributed by atoms with van der Waals surface area (Å²) in [5.41, 5.74) is 3.97. The lowest BCUT2D eigenvalue weighted by atomic mass is 10.1. The number of nitrogens with one attached hydrogen (secondary N) is 2. The average molecular weight is 251 g/mol. The van der Waals surface area contributed by atoms with Crippen molar-refractivity contribution in [3.05, 3.63) is 29.8 Å². The predicted molar refractivity (Wildman–Crippen MR) is 68.2 cm³/mol. The minimum atomic E-state index is -0.859. The summed E-state index contributed by atoms with van der Waals surface area (Å²) in [7, 11) is 3.41. The van der Waals surface area contributed by atoms with E-state index >= 15 is 0 Å². The van der Waals surface area contributed by atoms with Crippen molar-refractivity contribution >= 4 is 17.7 Å². The van der Waals surface area contributed by atoms with Crippen molar-refractivity contribution in [1.82, 2.24) is 10.4 Å². The molecule has 0 unspecified atom stereocenters. The van der Waals surface area contributed by atoms with Gasteiger partial charge in [-0.15, -0.1) is 0 Å². The maximum Gasteiger partial charge on any atom is 0.333 e. The number of aliphatic carboxylic acids is 1. The molecule has 0 saturated heterocycles. The van der Waals surface area contributed by atoms with Gasteiger partial charge in [-0.2, -0.15) is 0 Å². The van der Waals surface area contributed by atoms with Crippen molar-refractivity contribution < 1.29 is 14.7 Å². The molecule has 0 spiro atoms. The van der Waals surface area contributed by atoms with E-state index in [9.17, 15) is 9.59 Å². The second kappa shape index (κ2) is 6.61. The normalized spacial score (nSPS) is 10.2. The first-order valence-electron chi connectivity index (χ1n) is 5.53. The molecule has 0 aliphatic heterocycles. The van der Waals surface area contributed by atoms with E-state index in [0.717, 1.165) is 5.56 Å². The first-order valence-corrected chi connectivity index (χ1v) is 5.53. The molecule has 1 rings (SSSR count). The minimum Gasteiger partial charge on any atom is -0.481 e. The number of carbonyl (C=O) groups is 2. The third-order valence-electron chi connectivity index (χ3n) is 2.20. The second-order valence-electron chi connectivity index (χ2n) is 4.01. The van der Waals surface area contributed by atoms with Crippen LogP contribution in [-0.4, -0.2) is 36.2 Å². The smallest absolute Gasteiger partial charge is 0.333 e. The van der Waals surface area contributed by atoms with Crippen LogP contribution in [0, 0.1) is 0 Å². The third kappa shape index (κ3) is 4.84. The Bertz CT molecular complexity index is 432. The molecule has 1 aromatic rings. The maximum atomic E-state index is 11.5. The Morgan fingerprint density at radius 3 is 2.56 bits per heavy atom. The highest BCUT2D eigenvalue weighted by atomic mass is 16.4. The number of carboxylic acids is 1. The van der Waals surface area contributed by atoms with Crippen molar-refractivity contribution in [3.63, 3.8) is 0 Å². The van der Waals surface area contributed by atoms with E-state index in [-0.39, 0.29) is 12.5 Å². The molecule has 18 heavy (non-hydrogen) atoms. The second-order valence-corrected chi connectivity index (χ2v) is 4.01. The molecule has 0 heterocycles. The van der Waals surface area contributed by atoms with Gasteiger partial charge >= 0.3 is 12.0 Å². The number of para-hydroxylation sites is 1. The maximum absolute atomic E-state index is 11.5. The summed E-state index contributed by atoms with van der Waals surface area (Å²) in [5, 5.41) is 12.9. The Labute approximate surface area is 106 Å². The fourth-order valence-corrected chi connectivity index (χ4v) is 1.46. The van der Waals surface area contributed by atoms with E-state index in [1.54, 1.807) is 32.3 Å². The number of benzene rings is 1. The zero-order valence-corrected chi connectivity index (χ0v) is 10.4. The fourth-order valence-electron chi connectivity index (χ4n) is 1.46. The van der Waals surface area contributed by atoms with Crippen LogP contribution >= 0.6 is 0 Å². The van der Waals surface area contributed by atoms with Gasteiger partial charge in [0.05, 0.1) is 0 Å². The third-order valence-corrected chi connectivity index (χ3v) is 2.20. The molecule has 0 fully saturated rings. The molecule has 0 aromatic heterocycles. The number of urea groups is 1. The molecule has 6 nitrogen and oxygen atoms in total. The number of hydrazine groups is 1. The number of nitrogens with zero attached hydrogens (tertiary/aromatic N) is 1. The Balaban J connectivity index is 2.69. The molecular weight excluding hydrogens is 234 g/mol. The van der Waals surface area contributed by atoms with Gasteiger partial charge in [-0.1, -0.05) is 18.2 Å². The molecule has 0 aliphatic carbocycles. The lowest BCUT2D eigenvalue weighted by Gasteiger charge is -2.14.